The molecule has 0 fully saturated rings. The summed E-state index contributed by atoms with van der Waals surface area (Å²) in [6, 6.07) is 14.4. The first-order chi connectivity index (χ1) is 13.7. The number of sulfonamides is 1. The van der Waals surface area contributed by atoms with Gasteiger partial charge in [0.15, 0.2) is 0 Å². The number of hydrogen-bond donors (Lipinski definition) is 0. The summed E-state index contributed by atoms with van der Waals surface area (Å²) in [6.07, 6.45) is 0. The third-order valence-corrected chi connectivity index (χ3v) is 6.34. The molecular weight excluding hydrogens is 382 g/mol. The zero-order valence-electron chi connectivity index (χ0n) is 18.0. The lowest BCUT2D eigenvalue weighted by Gasteiger charge is -2.22. The van der Waals surface area contributed by atoms with Crippen molar-refractivity contribution in [3.63, 3.8) is 0 Å². The lowest BCUT2D eigenvalue weighted by Crippen LogP contribution is -2.32. The first-order valence-electron chi connectivity index (χ1n) is 9.65. The topological polar surface area (TPSA) is 43.9 Å². The molecule has 156 valence electrons. The van der Waals surface area contributed by atoms with Gasteiger partial charge in [0.05, 0.1) is 23.7 Å². The van der Waals surface area contributed by atoms with Crippen LogP contribution in [0.1, 0.15) is 11.1 Å². The Balaban J connectivity index is 2.22. The van der Waals surface area contributed by atoms with Crippen LogP contribution in [0, 0.1) is 25.7 Å². The largest absolute Gasteiger partial charge is 0.308 e. The molecule has 0 aliphatic heterocycles. The van der Waals surface area contributed by atoms with Gasteiger partial charge >= 0.3 is 0 Å². The van der Waals surface area contributed by atoms with Crippen molar-refractivity contribution in [1.82, 2.24) is 9.80 Å². The van der Waals surface area contributed by atoms with Gasteiger partial charge in [-0.2, -0.15) is 0 Å². The Hall–Kier alpha value is -2.33. The van der Waals surface area contributed by atoms with E-state index < -0.39 is 10.0 Å². The molecular formula is C23H31N3O2S. The number of hydrogen-bond acceptors (Lipinski definition) is 4. The predicted octanol–water partition coefficient (Wildman–Crippen LogP) is 3.00. The molecule has 0 radical (unpaired) electrons. The molecule has 0 spiro atoms. The summed E-state index contributed by atoms with van der Waals surface area (Å²) >= 11 is 0. The van der Waals surface area contributed by atoms with Gasteiger partial charge < -0.3 is 4.90 Å². The Bertz CT molecular complexity index is 940. The van der Waals surface area contributed by atoms with E-state index in [9.17, 15) is 8.42 Å². The summed E-state index contributed by atoms with van der Waals surface area (Å²) in [5.41, 5.74) is 2.72. The molecule has 0 atom stereocenters. The van der Waals surface area contributed by atoms with Gasteiger partial charge in [-0.25, -0.2) is 8.42 Å². The standard InChI is InChI=1S/C23H31N3O2S/c1-20-8-12-22(13-9-20)26(17-7-6-16-25(5)19-18-24(3)4)29(27,28)23-14-10-21(2)11-15-23/h8-15H,16-19H2,1-5H3. The fraction of sp³-hybridized carbons (Fsp3) is 0.391. The van der Waals surface area contributed by atoms with E-state index in [1.807, 2.05) is 71.4 Å². The number of anilines is 1. The third-order valence-electron chi connectivity index (χ3n) is 4.56. The van der Waals surface area contributed by atoms with Crippen LogP contribution in [0.3, 0.4) is 0 Å². The molecule has 0 aliphatic rings. The second kappa shape index (κ2) is 10.4. The maximum Gasteiger partial charge on any atom is 0.265 e. The molecule has 0 saturated heterocycles. The van der Waals surface area contributed by atoms with Gasteiger partial charge in [0.1, 0.15) is 0 Å². The lowest BCUT2D eigenvalue weighted by molar-refractivity contribution is 0.305. The molecule has 0 heterocycles. The summed E-state index contributed by atoms with van der Waals surface area (Å²) in [5.74, 6) is 6.15. The van der Waals surface area contributed by atoms with Crippen LogP contribution in [0.15, 0.2) is 53.4 Å². The Morgan fingerprint density at radius 3 is 1.83 bits per heavy atom. The quantitative estimate of drug-likeness (QED) is 0.624. The smallest absolute Gasteiger partial charge is 0.265 e. The fourth-order valence-electron chi connectivity index (χ4n) is 2.63. The van der Waals surface area contributed by atoms with Crippen LogP contribution < -0.4 is 4.31 Å². The fourth-order valence-corrected chi connectivity index (χ4v) is 4.00. The monoisotopic (exact) mass is 413 g/mol. The van der Waals surface area contributed by atoms with Gasteiger partial charge in [0.2, 0.25) is 0 Å². The van der Waals surface area contributed by atoms with Crippen LogP contribution in [0.2, 0.25) is 0 Å². The highest BCUT2D eigenvalue weighted by atomic mass is 32.2. The van der Waals surface area contributed by atoms with Crippen molar-refractivity contribution in [2.45, 2.75) is 18.7 Å². The highest BCUT2D eigenvalue weighted by molar-refractivity contribution is 7.92. The van der Waals surface area contributed by atoms with E-state index in [-0.39, 0.29) is 11.4 Å². The number of rotatable bonds is 8. The molecule has 0 aromatic heterocycles. The molecule has 5 nitrogen and oxygen atoms in total. The molecule has 2 aromatic carbocycles. The van der Waals surface area contributed by atoms with E-state index in [2.05, 4.69) is 21.6 Å². The van der Waals surface area contributed by atoms with Crippen molar-refractivity contribution < 1.29 is 8.42 Å². The van der Waals surface area contributed by atoms with Crippen molar-refractivity contribution in [3.8, 4) is 11.8 Å². The average molecular weight is 414 g/mol. The number of benzene rings is 2. The molecule has 0 aliphatic carbocycles. The second-order valence-electron chi connectivity index (χ2n) is 7.55. The van der Waals surface area contributed by atoms with Crippen LogP contribution in [-0.4, -0.2) is 65.5 Å². The lowest BCUT2D eigenvalue weighted by atomic mass is 10.2. The van der Waals surface area contributed by atoms with Gasteiger partial charge in [-0.3, -0.25) is 9.21 Å². The van der Waals surface area contributed by atoms with Crippen molar-refractivity contribution in [2.24, 2.45) is 0 Å². The summed E-state index contributed by atoms with van der Waals surface area (Å²) in [7, 11) is 2.39. The molecule has 0 bridgehead atoms. The summed E-state index contributed by atoms with van der Waals surface area (Å²) in [6.45, 7) is 6.49. The molecule has 0 saturated carbocycles. The van der Waals surface area contributed by atoms with Crippen molar-refractivity contribution >= 4 is 15.7 Å². The Labute approximate surface area is 176 Å². The second-order valence-corrected chi connectivity index (χ2v) is 9.42. The van der Waals surface area contributed by atoms with Gasteiger partial charge in [-0.15, -0.1) is 0 Å². The maximum absolute atomic E-state index is 13.3. The molecule has 0 N–H and O–H groups in total. The molecule has 6 heteroatoms. The molecule has 2 aromatic rings. The molecule has 2 rings (SSSR count). The first-order valence-corrected chi connectivity index (χ1v) is 11.1. The average Bonchev–Trinajstić information content (AvgIpc) is 2.67. The normalized spacial score (nSPS) is 11.4. The predicted molar refractivity (Wildman–Crippen MR) is 121 cm³/mol. The van der Waals surface area contributed by atoms with Crippen LogP contribution in [0.25, 0.3) is 0 Å². The summed E-state index contributed by atoms with van der Waals surface area (Å²) in [4.78, 5) is 4.52. The van der Waals surface area contributed by atoms with Gasteiger partial charge in [0, 0.05) is 13.1 Å². The maximum atomic E-state index is 13.3. The van der Waals surface area contributed by atoms with E-state index in [0.717, 1.165) is 24.2 Å². The summed E-state index contributed by atoms with van der Waals surface area (Å²) in [5, 5.41) is 0. The van der Waals surface area contributed by atoms with Crippen LogP contribution in [0.5, 0.6) is 0 Å². The van der Waals surface area contributed by atoms with Gasteiger partial charge in [0.25, 0.3) is 10.0 Å². The van der Waals surface area contributed by atoms with Crippen LogP contribution >= 0.6 is 0 Å². The zero-order valence-corrected chi connectivity index (χ0v) is 18.8. The number of aryl methyl sites for hydroxylation is 2. The van der Waals surface area contributed by atoms with Gasteiger partial charge in [-0.05, 0) is 59.3 Å². The van der Waals surface area contributed by atoms with E-state index in [4.69, 9.17) is 0 Å². The molecule has 0 unspecified atom stereocenters. The highest BCUT2D eigenvalue weighted by Gasteiger charge is 2.24. The first kappa shape index (κ1) is 23.0. The van der Waals surface area contributed by atoms with Crippen LogP contribution in [-0.2, 0) is 10.0 Å². The Morgan fingerprint density at radius 1 is 0.759 bits per heavy atom. The minimum absolute atomic E-state index is 0.112. The van der Waals surface area contributed by atoms with E-state index >= 15 is 0 Å². The third kappa shape index (κ3) is 6.90. The highest BCUT2D eigenvalue weighted by Crippen LogP contribution is 2.24. The summed E-state index contributed by atoms with van der Waals surface area (Å²) < 4.78 is 27.9. The number of likely N-dealkylation sites (N-methyl/N-ethyl adjacent to an activating group) is 2. The minimum atomic E-state index is -3.70. The van der Waals surface area contributed by atoms with Crippen molar-refractivity contribution in [3.05, 3.63) is 59.7 Å². The van der Waals surface area contributed by atoms with Crippen molar-refractivity contribution in [1.29, 1.82) is 0 Å². The van der Waals surface area contributed by atoms with E-state index in [1.54, 1.807) is 12.1 Å². The van der Waals surface area contributed by atoms with Crippen LogP contribution in [0.4, 0.5) is 5.69 Å². The molecule has 0 amide bonds. The Kier molecular flexibility index (Phi) is 8.27. The Morgan fingerprint density at radius 2 is 1.28 bits per heavy atom. The van der Waals surface area contributed by atoms with Crippen molar-refractivity contribution in [2.75, 3.05) is 51.6 Å². The minimum Gasteiger partial charge on any atom is -0.308 e. The molecule has 29 heavy (non-hydrogen) atoms. The van der Waals surface area contributed by atoms with Gasteiger partial charge in [-0.1, -0.05) is 47.2 Å². The zero-order chi connectivity index (χ0) is 21.4. The van der Waals surface area contributed by atoms with E-state index in [0.29, 0.717) is 12.2 Å². The SMILES string of the molecule is Cc1ccc(N(CC#CCN(C)CCN(C)C)S(=O)(=O)c2ccc(C)cc2)cc1. The number of nitrogens with zero attached hydrogens (tertiary/aromatic N) is 3. The van der Waals surface area contributed by atoms with E-state index in [1.165, 1.54) is 4.31 Å².